The number of hydrogen-bond donors (Lipinski definition) is 4. The van der Waals surface area contributed by atoms with E-state index in [9.17, 15) is 19.2 Å². The second-order valence-corrected chi connectivity index (χ2v) is 4.00. The third-order valence-electron chi connectivity index (χ3n) is 2.17. The van der Waals surface area contributed by atoms with Crippen LogP contribution in [0.4, 0.5) is 0 Å². The summed E-state index contributed by atoms with van der Waals surface area (Å²) >= 11 is 0. The summed E-state index contributed by atoms with van der Waals surface area (Å²) in [5.41, 5.74) is 0. The molecule has 0 aliphatic heterocycles. The van der Waals surface area contributed by atoms with Crippen LogP contribution in [0.15, 0.2) is 0 Å². The van der Waals surface area contributed by atoms with E-state index < -0.39 is 50.1 Å². The summed E-state index contributed by atoms with van der Waals surface area (Å²) in [5, 5.41) is 34.5. The van der Waals surface area contributed by atoms with Crippen LogP contribution in [0.5, 0.6) is 0 Å². The molecule has 0 atom stereocenters. The van der Waals surface area contributed by atoms with Gasteiger partial charge in [0.15, 0.2) is 0 Å². The average Bonchev–Trinajstić information content (AvgIpc) is 2.22. The molecule has 24 heavy (non-hydrogen) atoms. The van der Waals surface area contributed by atoms with E-state index in [1.54, 1.807) is 0 Å². The number of nitrogens with zero attached hydrogens (tertiary/aromatic N) is 2. The van der Waals surface area contributed by atoms with Crippen LogP contribution in [0.1, 0.15) is 0 Å². The van der Waals surface area contributed by atoms with E-state index in [0.29, 0.717) is 0 Å². The number of carboxylic acid groups (broad SMARTS) is 4. The molecular formula is C10H16F2N2Na2O8. The van der Waals surface area contributed by atoms with Crippen LogP contribution in [0.3, 0.4) is 0 Å². The molecule has 0 aromatic heterocycles. The molecule has 0 fully saturated rings. The Balaban J connectivity index is -0.000000301. The Kier molecular flexibility index (Phi) is 27.6. The molecule has 0 aliphatic rings. The zero-order chi connectivity index (χ0) is 15.7. The minimum Gasteiger partial charge on any atom is -1.00 e. The van der Waals surface area contributed by atoms with Gasteiger partial charge < -0.3 is 29.8 Å². The fourth-order valence-electron chi connectivity index (χ4n) is 1.48. The molecule has 14 heteroatoms. The number of aliphatic carboxylic acids is 4. The molecule has 0 bridgehead atoms. The van der Waals surface area contributed by atoms with Crippen LogP contribution >= 0.6 is 0 Å². The van der Waals surface area contributed by atoms with Gasteiger partial charge in [0.1, 0.15) is 0 Å². The van der Waals surface area contributed by atoms with Gasteiger partial charge in [-0.25, -0.2) is 0 Å². The molecule has 130 valence electrons. The first kappa shape index (κ1) is 34.9. The standard InChI is InChI=1S/C10H16N2O8.2FH.2Na/c13-7(14)3-11(4-8(15)16)1-2-12(5-9(17)18)6-10(19)20;;;;/h1-6H2,(H,13,14)(H,15,16)(H,17,18)(H,19,20);2*1H;;/q;;;2*+1/p-2. The second kappa shape index (κ2) is 19.0. The Bertz CT molecular complexity index is 335. The largest absolute Gasteiger partial charge is 1.00 e. The number of carboxylic acids is 4. The monoisotopic (exact) mass is 376 g/mol. The van der Waals surface area contributed by atoms with Gasteiger partial charge in [-0.3, -0.25) is 29.0 Å². The van der Waals surface area contributed by atoms with Gasteiger partial charge >= 0.3 is 83.0 Å². The van der Waals surface area contributed by atoms with E-state index in [0.717, 1.165) is 9.80 Å². The number of halogens is 2. The van der Waals surface area contributed by atoms with Gasteiger partial charge in [0.25, 0.3) is 0 Å². The van der Waals surface area contributed by atoms with Crippen LogP contribution in [0, 0.1) is 0 Å². The summed E-state index contributed by atoms with van der Waals surface area (Å²) in [6.45, 7) is -2.25. The van der Waals surface area contributed by atoms with Gasteiger partial charge in [-0.1, -0.05) is 0 Å². The molecule has 0 saturated carbocycles. The Morgan fingerprint density at radius 3 is 0.833 bits per heavy atom. The molecule has 0 aromatic rings. The second-order valence-electron chi connectivity index (χ2n) is 4.00. The average molecular weight is 376 g/mol. The number of carbonyl (C=O) groups is 4. The van der Waals surface area contributed by atoms with Crippen molar-refractivity contribution < 1.29 is 108 Å². The van der Waals surface area contributed by atoms with Gasteiger partial charge in [0, 0.05) is 13.1 Å². The molecule has 0 rings (SSSR count). The smallest absolute Gasteiger partial charge is 1.00 e. The summed E-state index contributed by atoms with van der Waals surface area (Å²) in [5.74, 6) is -4.91. The topological polar surface area (TPSA) is 156 Å². The first-order valence-electron chi connectivity index (χ1n) is 5.52. The fraction of sp³-hybridized carbons (Fsp3) is 0.600. The SMILES string of the molecule is O=C(O)CN(CCN(CC(=O)O)CC(=O)O)CC(=O)O.[F-].[F-].[Na+].[Na+]. The first-order chi connectivity index (χ1) is 9.20. The zero-order valence-corrected chi connectivity index (χ0v) is 17.3. The van der Waals surface area contributed by atoms with Gasteiger partial charge in [-0.15, -0.1) is 0 Å². The predicted molar refractivity (Wildman–Crippen MR) is 63.4 cm³/mol. The van der Waals surface area contributed by atoms with E-state index in [-0.39, 0.29) is 81.6 Å². The molecule has 0 amide bonds. The van der Waals surface area contributed by atoms with Gasteiger partial charge in [-0.05, 0) is 0 Å². The normalized spacial score (nSPS) is 8.92. The van der Waals surface area contributed by atoms with Crippen LogP contribution in [0.2, 0.25) is 0 Å². The minimum absolute atomic E-state index is 0. The number of hydrogen-bond acceptors (Lipinski definition) is 6. The molecule has 0 spiro atoms. The maximum atomic E-state index is 10.6. The summed E-state index contributed by atoms with van der Waals surface area (Å²) in [4.78, 5) is 44.4. The van der Waals surface area contributed by atoms with Crippen LogP contribution < -0.4 is 68.5 Å². The van der Waals surface area contributed by atoms with Crippen LogP contribution in [-0.2, 0) is 19.2 Å². The first-order valence-corrected chi connectivity index (χ1v) is 5.52. The van der Waals surface area contributed by atoms with Crippen molar-refractivity contribution in [1.29, 1.82) is 0 Å². The molecule has 0 unspecified atom stereocenters. The summed E-state index contributed by atoms with van der Waals surface area (Å²) in [6.07, 6.45) is 0. The van der Waals surface area contributed by atoms with Crippen molar-refractivity contribution in [1.82, 2.24) is 9.80 Å². The van der Waals surface area contributed by atoms with Gasteiger partial charge in [-0.2, -0.15) is 0 Å². The third kappa shape index (κ3) is 21.7. The van der Waals surface area contributed by atoms with Crippen molar-refractivity contribution in [3.05, 3.63) is 0 Å². The van der Waals surface area contributed by atoms with E-state index in [4.69, 9.17) is 20.4 Å². The summed E-state index contributed by atoms with van der Waals surface area (Å²) in [7, 11) is 0. The summed E-state index contributed by atoms with van der Waals surface area (Å²) in [6, 6.07) is 0. The molecular weight excluding hydrogens is 360 g/mol. The minimum atomic E-state index is -1.23. The van der Waals surface area contributed by atoms with Crippen LogP contribution in [-0.4, -0.2) is 93.4 Å². The maximum Gasteiger partial charge on any atom is 1.00 e. The molecule has 10 nitrogen and oxygen atoms in total. The van der Waals surface area contributed by atoms with Crippen molar-refractivity contribution in [2.24, 2.45) is 0 Å². The maximum absolute atomic E-state index is 10.6. The Labute approximate surface area is 180 Å². The van der Waals surface area contributed by atoms with Crippen LogP contribution in [0.25, 0.3) is 0 Å². The zero-order valence-electron chi connectivity index (χ0n) is 13.3. The van der Waals surface area contributed by atoms with Crippen molar-refractivity contribution >= 4 is 23.9 Å². The molecule has 4 N–H and O–H groups in total. The number of rotatable bonds is 11. The van der Waals surface area contributed by atoms with Crippen molar-refractivity contribution in [2.45, 2.75) is 0 Å². The van der Waals surface area contributed by atoms with E-state index >= 15 is 0 Å². The Morgan fingerprint density at radius 2 is 0.708 bits per heavy atom. The fourth-order valence-corrected chi connectivity index (χ4v) is 1.48. The van der Waals surface area contributed by atoms with Crippen molar-refractivity contribution in [3.63, 3.8) is 0 Å². The Hall–Kier alpha value is -0.340. The third-order valence-corrected chi connectivity index (χ3v) is 2.17. The quantitative estimate of drug-likeness (QED) is 0.255. The molecule has 0 aliphatic carbocycles. The summed E-state index contributed by atoms with van der Waals surface area (Å²) < 4.78 is 0. The molecule has 0 aromatic carbocycles. The molecule has 0 heterocycles. The van der Waals surface area contributed by atoms with E-state index in [1.165, 1.54) is 0 Å². The predicted octanol–water partition coefficient (Wildman–Crippen LogP) is -14.1. The van der Waals surface area contributed by atoms with Gasteiger partial charge in [0.2, 0.25) is 0 Å². The molecule has 0 radical (unpaired) electrons. The Morgan fingerprint density at radius 1 is 0.542 bits per heavy atom. The molecule has 0 saturated heterocycles. The van der Waals surface area contributed by atoms with E-state index in [2.05, 4.69) is 0 Å². The van der Waals surface area contributed by atoms with Crippen molar-refractivity contribution in [2.75, 3.05) is 39.3 Å². The van der Waals surface area contributed by atoms with Gasteiger partial charge in [0.05, 0.1) is 26.2 Å². The van der Waals surface area contributed by atoms with Crippen molar-refractivity contribution in [3.8, 4) is 0 Å². The van der Waals surface area contributed by atoms with E-state index in [1.807, 2.05) is 0 Å².